The van der Waals surface area contributed by atoms with Crippen molar-refractivity contribution in [2.45, 2.75) is 31.1 Å². The number of rotatable bonds is 5. The summed E-state index contributed by atoms with van der Waals surface area (Å²) in [7, 11) is 0. The summed E-state index contributed by atoms with van der Waals surface area (Å²) < 4.78 is 5.62. The zero-order valence-corrected chi connectivity index (χ0v) is 14.2. The maximum Gasteiger partial charge on any atom is 0.316 e. The molecule has 1 unspecified atom stereocenters. The first-order valence-electron chi connectivity index (χ1n) is 8.07. The number of hydrogen-bond acceptors (Lipinski definition) is 4. The van der Waals surface area contributed by atoms with Gasteiger partial charge in [-0.25, -0.2) is 0 Å². The number of nitriles is 1. The first-order chi connectivity index (χ1) is 11.7. The van der Waals surface area contributed by atoms with Crippen LogP contribution in [-0.2, 0) is 28.1 Å². The first-order valence-corrected chi connectivity index (χ1v) is 9.23. The zero-order chi connectivity index (χ0) is 16.8. The molecule has 122 valence electrons. The third-order valence-electron chi connectivity index (χ3n) is 4.17. The van der Waals surface area contributed by atoms with Crippen molar-refractivity contribution < 1.29 is 9.53 Å². The number of thioether (sulfide) groups is 1. The van der Waals surface area contributed by atoms with E-state index >= 15 is 0 Å². The largest absolute Gasteiger partial charge is 0.461 e. The Bertz CT molecular complexity index is 749. The summed E-state index contributed by atoms with van der Waals surface area (Å²) in [6.45, 7) is 0. The van der Waals surface area contributed by atoms with Crippen LogP contribution in [0.4, 0.5) is 0 Å². The molecule has 0 heterocycles. The number of nitrogens with zero attached hydrogens (tertiary/aromatic N) is 1. The van der Waals surface area contributed by atoms with Crippen LogP contribution in [-0.4, -0.2) is 17.8 Å². The third-order valence-corrected chi connectivity index (χ3v) is 5.15. The second-order valence-electron chi connectivity index (χ2n) is 5.92. The van der Waals surface area contributed by atoms with Crippen LogP contribution in [0.3, 0.4) is 0 Å². The highest BCUT2D eigenvalue weighted by molar-refractivity contribution is 7.99. The molecule has 0 fully saturated rings. The van der Waals surface area contributed by atoms with Crippen molar-refractivity contribution in [3.05, 3.63) is 70.8 Å². The molecule has 2 aromatic rings. The summed E-state index contributed by atoms with van der Waals surface area (Å²) in [6, 6.07) is 17.9. The van der Waals surface area contributed by atoms with Gasteiger partial charge in [0.15, 0.2) is 0 Å². The van der Waals surface area contributed by atoms with Crippen LogP contribution in [0, 0.1) is 11.3 Å². The van der Waals surface area contributed by atoms with Gasteiger partial charge in [0.1, 0.15) is 6.10 Å². The summed E-state index contributed by atoms with van der Waals surface area (Å²) in [5.41, 5.74) is 4.44. The van der Waals surface area contributed by atoms with E-state index in [1.165, 1.54) is 11.1 Å². The number of fused-ring (bicyclic) bond motifs is 1. The van der Waals surface area contributed by atoms with Crippen LogP contribution >= 0.6 is 11.8 Å². The van der Waals surface area contributed by atoms with Crippen LogP contribution in [0.15, 0.2) is 48.5 Å². The van der Waals surface area contributed by atoms with Gasteiger partial charge in [-0.3, -0.25) is 4.79 Å². The Morgan fingerprint density at radius 3 is 2.67 bits per heavy atom. The highest BCUT2D eigenvalue weighted by Crippen LogP contribution is 2.23. The lowest BCUT2D eigenvalue weighted by atomic mass is 9.90. The van der Waals surface area contributed by atoms with Gasteiger partial charge in [0, 0.05) is 12.2 Å². The summed E-state index contributed by atoms with van der Waals surface area (Å²) in [4.78, 5) is 12.0. The summed E-state index contributed by atoms with van der Waals surface area (Å²) in [5, 5.41) is 8.78. The molecule has 1 aliphatic carbocycles. The molecular weight excluding hydrogens is 318 g/mol. The van der Waals surface area contributed by atoms with E-state index in [1.54, 1.807) is 23.9 Å². The molecular formula is C20H19NO2S. The minimum atomic E-state index is -0.141. The number of carbonyl (C=O) groups is 1. The molecule has 0 saturated carbocycles. The predicted molar refractivity (Wildman–Crippen MR) is 95.7 cm³/mol. The monoisotopic (exact) mass is 337 g/mol. The molecule has 3 nitrogen and oxygen atoms in total. The van der Waals surface area contributed by atoms with E-state index in [4.69, 9.17) is 10.00 Å². The Hall–Kier alpha value is -2.25. The lowest BCUT2D eigenvalue weighted by molar-refractivity contribution is -0.146. The van der Waals surface area contributed by atoms with Gasteiger partial charge in [-0.15, -0.1) is 11.8 Å². The number of esters is 1. The van der Waals surface area contributed by atoms with Crippen molar-refractivity contribution in [1.29, 1.82) is 5.26 Å². The Balaban J connectivity index is 1.42. The lowest BCUT2D eigenvalue weighted by Gasteiger charge is -2.24. The quantitative estimate of drug-likeness (QED) is 0.777. The van der Waals surface area contributed by atoms with E-state index in [9.17, 15) is 4.79 Å². The maximum absolute atomic E-state index is 12.0. The smallest absolute Gasteiger partial charge is 0.316 e. The van der Waals surface area contributed by atoms with Crippen molar-refractivity contribution in [2.75, 3.05) is 5.75 Å². The maximum atomic E-state index is 12.0. The lowest BCUT2D eigenvalue weighted by Crippen LogP contribution is -2.26. The molecule has 24 heavy (non-hydrogen) atoms. The van der Waals surface area contributed by atoms with Crippen molar-refractivity contribution in [1.82, 2.24) is 0 Å². The fourth-order valence-corrected chi connectivity index (χ4v) is 3.68. The number of carbonyl (C=O) groups excluding carboxylic acids is 1. The predicted octanol–water partition coefficient (Wildman–Crippen LogP) is 3.89. The van der Waals surface area contributed by atoms with E-state index in [-0.39, 0.29) is 12.1 Å². The molecule has 0 N–H and O–H groups in total. The van der Waals surface area contributed by atoms with Crippen molar-refractivity contribution in [3.63, 3.8) is 0 Å². The van der Waals surface area contributed by atoms with Gasteiger partial charge in [-0.1, -0.05) is 36.4 Å². The van der Waals surface area contributed by atoms with Crippen molar-refractivity contribution in [2.24, 2.45) is 0 Å². The third kappa shape index (κ3) is 4.39. The van der Waals surface area contributed by atoms with Gasteiger partial charge < -0.3 is 4.74 Å². The molecule has 0 aliphatic heterocycles. The van der Waals surface area contributed by atoms with Gasteiger partial charge in [0.2, 0.25) is 0 Å². The van der Waals surface area contributed by atoms with E-state index < -0.39 is 0 Å². The van der Waals surface area contributed by atoms with Gasteiger partial charge >= 0.3 is 5.97 Å². The Morgan fingerprint density at radius 2 is 1.92 bits per heavy atom. The van der Waals surface area contributed by atoms with E-state index in [0.29, 0.717) is 11.3 Å². The molecule has 0 radical (unpaired) electrons. The number of aryl methyl sites for hydroxylation is 1. The van der Waals surface area contributed by atoms with Crippen LogP contribution in [0.2, 0.25) is 0 Å². The minimum absolute atomic E-state index is 0.00270. The molecule has 2 aromatic carbocycles. The second-order valence-corrected chi connectivity index (χ2v) is 6.91. The van der Waals surface area contributed by atoms with Gasteiger partial charge in [0.05, 0.1) is 17.4 Å². The highest BCUT2D eigenvalue weighted by Gasteiger charge is 2.21. The Kier molecular flexibility index (Phi) is 5.55. The van der Waals surface area contributed by atoms with Crippen molar-refractivity contribution >= 4 is 17.7 Å². The SMILES string of the molecule is N#Cc1ccc(CSCC(=O)OC2CCc3ccccc3C2)cc1. The molecule has 0 amide bonds. The molecule has 0 saturated heterocycles. The normalized spacial score (nSPS) is 16.0. The topological polar surface area (TPSA) is 50.1 Å². The highest BCUT2D eigenvalue weighted by atomic mass is 32.2. The van der Waals surface area contributed by atoms with Crippen LogP contribution < -0.4 is 0 Å². The van der Waals surface area contributed by atoms with E-state index in [2.05, 4.69) is 24.3 Å². The fourth-order valence-electron chi connectivity index (χ4n) is 2.91. The minimum Gasteiger partial charge on any atom is -0.461 e. The molecule has 0 aromatic heterocycles. The fraction of sp³-hybridized carbons (Fsp3) is 0.300. The van der Waals surface area contributed by atoms with Gasteiger partial charge in [0.25, 0.3) is 0 Å². The molecule has 4 heteroatoms. The van der Waals surface area contributed by atoms with E-state index in [1.807, 2.05) is 18.2 Å². The molecule has 0 spiro atoms. The molecule has 3 rings (SSSR count). The first kappa shape index (κ1) is 16.6. The summed E-state index contributed by atoms with van der Waals surface area (Å²) >= 11 is 1.54. The number of hydrogen-bond donors (Lipinski definition) is 0. The molecule has 1 atom stereocenters. The van der Waals surface area contributed by atoms with Crippen LogP contribution in [0.5, 0.6) is 0 Å². The summed E-state index contributed by atoms with van der Waals surface area (Å²) in [6.07, 6.45) is 2.71. The molecule has 0 bridgehead atoms. The van der Waals surface area contributed by atoms with Crippen molar-refractivity contribution in [3.8, 4) is 6.07 Å². The van der Waals surface area contributed by atoms with Gasteiger partial charge in [-0.2, -0.15) is 5.26 Å². The summed E-state index contributed by atoms with van der Waals surface area (Å²) in [5.74, 6) is 0.963. The second kappa shape index (κ2) is 8.03. The zero-order valence-electron chi connectivity index (χ0n) is 13.4. The average molecular weight is 337 g/mol. The molecule has 1 aliphatic rings. The van der Waals surface area contributed by atoms with E-state index in [0.717, 1.165) is 30.6 Å². The van der Waals surface area contributed by atoms with Gasteiger partial charge in [-0.05, 0) is 41.7 Å². The standard InChI is InChI=1S/C20H19NO2S/c21-12-15-5-7-16(8-6-15)13-24-14-20(22)23-19-10-9-17-3-1-2-4-18(17)11-19/h1-8,19H,9-11,13-14H2. The Morgan fingerprint density at radius 1 is 1.17 bits per heavy atom. The average Bonchev–Trinajstić information content (AvgIpc) is 2.62. The number of ether oxygens (including phenoxy) is 1. The van der Waals surface area contributed by atoms with Crippen LogP contribution in [0.25, 0.3) is 0 Å². The van der Waals surface area contributed by atoms with Crippen LogP contribution in [0.1, 0.15) is 28.7 Å². The number of benzene rings is 2. The Labute approximate surface area is 146 Å².